The number of nitrogens with two attached hydrogens (primary N) is 1. The van der Waals surface area contributed by atoms with Crippen LogP contribution >= 0.6 is 15.9 Å². The van der Waals surface area contributed by atoms with Gasteiger partial charge in [0.05, 0.1) is 4.92 Å². The summed E-state index contributed by atoms with van der Waals surface area (Å²) in [6.45, 7) is 2.00. The van der Waals surface area contributed by atoms with Gasteiger partial charge in [0.25, 0.3) is 5.69 Å². The number of nitrogens with zero attached hydrogens (tertiary/aromatic N) is 1. The van der Waals surface area contributed by atoms with Gasteiger partial charge in [-0.3, -0.25) is 10.1 Å². The van der Waals surface area contributed by atoms with E-state index in [4.69, 9.17) is 5.73 Å². The molecule has 0 radical (unpaired) electrons. The lowest BCUT2D eigenvalue weighted by molar-refractivity contribution is -0.383. The van der Waals surface area contributed by atoms with E-state index >= 15 is 0 Å². The third-order valence-corrected chi connectivity index (χ3v) is 3.54. The second-order valence-electron chi connectivity index (χ2n) is 4.12. The van der Waals surface area contributed by atoms with Crippen LogP contribution in [0.2, 0.25) is 0 Å². The molecule has 0 fully saturated rings. The standard InChI is InChI=1S/C13H12BrN3O2/c1-8-2-3-9(6-11(8)14)16-10-4-5-13(17(18)19)12(15)7-10/h2-7,16H,15H2,1H3. The van der Waals surface area contributed by atoms with Crippen LogP contribution in [0.1, 0.15) is 5.56 Å². The van der Waals surface area contributed by atoms with Gasteiger partial charge in [0.15, 0.2) is 0 Å². The first-order valence-corrected chi connectivity index (χ1v) is 6.34. The number of benzene rings is 2. The van der Waals surface area contributed by atoms with Crippen molar-refractivity contribution in [2.45, 2.75) is 6.92 Å². The summed E-state index contributed by atoms with van der Waals surface area (Å²) in [7, 11) is 0. The second kappa shape index (κ2) is 5.27. The summed E-state index contributed by atoms with van der Waals surface area (Å²) in [6, 6.07) is 10.4. The van der Waals surface area contributed by atoms with Crippen molar-refractivity contribution in [3.63, 3.8) is 0 Å². The molecule has 2 rings (SSSR count). The predicted octanol–water partition coefficient (Wildman–Crippen LogP) is 3.99. The highest BCUT2D eigenvalue weighted by Crippen LogP contribution is 2.28. The van der Waals surface area contributed by atoms with Crippen LogP contribution in [-0.2, 0) is 0 Å². The van der Waals surface area contributed by atoms with Gasteiger partial charge in [-0.15, -0.1) is 0 Å². The molecule has 2 aromatic carbocycles. The van der Waals surface area contributed by atoms with Gasteiger partial charge in [0, 0.05) is 21.9 Å². The van der Waals surface area contributed by atoms with Gasteiger partial charge in [-0.2, -0.15) is 0 Å². The van der Waals surface area contributed by atoms with E-state index in [1.807, 2.05) is 25.1 Å². The Balaban J connectivity index is 2.26. The van der Waals surface area contributed by atoms with Crippen molar-refractivity contribution in [2.24, 2.45) is 0 Å². The van der Waals surface area contributed by atoms with Gasteiger partial charge in [0.1, 0.15) is 5.69 Å². The van der Waals surface area contributed by atoms with Crippen molar-refractivity contribution in [3.8, 4) is 0 Å². The maximum Gasteiger partial charge on any atom is 0.292 e. The minimum Gasteiger partial charge on any atom is -0.393 e. The molecule has 0 amide bonds. The molecule has 0 saturated heterocycles. The molecule has 0 atom stereocenters. The molecule has 0 saturated carbocycles. The Hall–Kier alpha value is -2.08. The highest BCUT2D eigenvalue weighted by Gasteiger charge is 2.11. The smallest absolute Gasteiger partial charge is 0.292 e. The summed E-state index contributed by atoms with van der Waals surface area (Å²) < 4.78 is 0.993. The maximum absolute atomic E-state index is 10.7. The molecule has 2 aromatic rings. The summed E-state index contributed by atoms with van der Waals surface area (Å²) in [5.74, 6) is 0. The Morgan fingerprint density at radius 1 is 1.21 bits per heavy atom. The Morgan fingerprint density at radius 2 is 1.84 bits per heavy atom. The van der Waals surface area contributed by atoms with Crippen molar-refractivity contribution in [1.82, 2.24) is 0 Å². The minimum atomic E-state index is -0.498. The molecule has 5 nitrogen and oxygen atoms in total. The summed E-state index contributed by atoms with van der Waals surface area (Å²) in [4.78, 5) is 10.2. The molecular weight excluding hydrogens is 310 g/mol. The number of hydrogen-bond donors (Lipinski definition) is 2. The van der Waals surface area contributed by atoms with Crippen molar-refractivity contribution in [1.29, 1.82) is 0 Å². The van der Waals surface area contributed by atoms with Crippen molar-refractivity contribution in [2.75, 3.05) is 11.1 Å². The average molecular weight is 322 g/mol. The number of rotatable bonds is 3. The van der Waals surface area contributed by atoms with E-state index in [0.717, 1.165) is 15.7 Å². The van der Waals surface area contributed by atoms with E-state index in [1.54, 1.807) is 12.1 Å². The van der Waals surface area contributed by atoms with Crippen LogP contribution in [0.3, 0.4) is 0 Å². The summed E-state index contributed by atoms with van der Waals surface area (Å²) >= 11 is 3.45. The number of nitro groups is 1. The number of nitrogen functional groups attached to an aromatic ring is 1. The van der Waals surface area contributed by atoms with E-state index in [2.05, 4.69) is 21.2 Å². The summed E-state index contributed by atoms with van der Waals surface area (Å²) in [5.41, 5.74) is 8.41. The van der Waals surface area contributed by atoms with Crippen LogP contribution in [0.5, 0.6) is 0 Å². The van der Waals surface area contributed by atoms with Crippen LogP contribution in [0.15, 0.2) is 40.9 Å². The lowest BCUT2D eigenvalue weighted by Crippen LogP contribution is -1.97. The lowest BCUT2D eigenvalue weighted by Gasteiger charge is -2.09. The van der Waals surface area contributed by atoms with E-state index in [1.165, 1.54) is 6.07 Å². The van der Waals surface area contributed by atoms with Crippen LogP contribution in [0.25, 0.3) is 0 Å². The van der Waals surface area contributed by atoms with E-state index < -0.39 is 4.92 Å². The number of anilines is 3. The molecule has 0 aliphatic heterocycles. The topological polar surface area (TPSA) is 81.2 Å². The van der Waals surface area contributed by atoms with Crippen LogP contribution in [-0.4, -0.2) is 4.92 Å². The van der Waals surface area contributed by atoms with Gasteiger partial charge in [-0.25, -0.2) is 0 Å². The zero-order valence-corrected chi connectivity index (χ0v) is 11.8. The van der Waals surface area contributed by atoms with Gasteiger partial charge < -0.3 is 11.1 Å². The zero-order chi connectivity index (χ0) is 14.0. The normalized spacial score (nSPS) is 10.2. The Labute approximate surface area is 118 Å². The molecule has 6 heteroatoms. The molecule has 0 unspecified atom stereocenters. The van der Waals surface area contributed by atoms with Crippen LogP contribution < -0.4 is 11.1 Å². The van der Waals surface area contributed by atoms with Gasteiger partial charge in [-0.1, -0.05) is 22.0 Å². The van der Waals surface area contributed by atoms with Crippen LogP contribution in [0, 0.1) is 17.0 Å². The fourth-order valence-electron chi connectivity index (χ4n) is 1.64. The first-order valence-electron chi connectivity index (χ1n) is 5.54. The summed E-state index contributed by atoms with van der Waals surface area (Å²) in [5, 5.41) is 13.8. The highest BCUT2D eigenvalue weighted by atomic mass is 79.9. The van der Waals surface area contributed by atoms with Gasteiger partial charge >= 0.3 is 0 Å². The third kappa shape index (κ3) is 3.03. The molecule has 0 heterocycles. The predicted molar refractivity (Wildman–Crippen MR) is 79.7 cm³/mol. The Morgan fingerprint density at radius 3 is 2.42 bits per heavy atom. The molecule has 0 aliphatic carbocycles. The van der Waals surface area contributed by atoms with Crippen molar-refractivity contribution >= 4 is 38.7 Å². The van der Waals surface area contributed by atoms with E-state index in [0.29, 0.717) is 5.69 Å². The number of aryl methyl sites for hydroxylation is 1. The van der Waals surface area contributed by atoms with E-state index in [-0.39, 0.29) is 11.4 Å². The zero-order valence-electron chi connectivity index (χ0n) is 10.2. The van der Waals surface area contributed by atoms with Crippen molar-refractivity contribution in [3.05, 3.63) is 56.5 Å². The fraction of sp³-hybridized carbons (Fsp3) is 0.0769. The fourth-order valence-corrected chi connectivity index (χ4v) is 2.01. The summed E-state index contributed by atoms with van der Waals surface area (Å²) in [6.07, 6.45) is 0. The Bertz CT molecular complexity index is 644. The maximum atomic E-state index is 10.7. The second-order valence-corrected chi connectivity index (χ2v) is 4.97. The molecule has 0 aromatic heterocycles. The number of nitro benzene ring substituents is 1. The monoisotopic (exact) mass is 321 g/mol. The first-order chi connectivity index (χ1) is 8.97. The molecule has 98 valence electrons. The van der Waals surface area contributed by atoms with Gasteiger partial charge in [-0.05, 0) is 36.8 Å². The minimum absolute atomic E-state index is 0.0874. The quantitative estimate of drug-likeness (QED) is 0.508. The number of halogens is 1. The Kier molecular flexibility index (Phi) is 3.71. The number of hydrogen-bond acceptors (Lipinski definition) is 4. The van der Waals surface area contributed by atoms with Crippen molar-refractivity contribution < 1.29 is 4.92 Å². The SMILES string of the molecule is Cc1ccc(Nc2ccc([N+](=O)[O-])c(N)c2)cc1Br. The molecule has 19 heavy (non-hydrogen) atoms. The lowest BCUT2D eigenvalue weighted by atomic mass is 10.2. The molecular formula is C13H12BrN3O2. The average Bonchev–Trinajstić information content (AvgIpc) is 2.33. The molecule has 0 spiro atoms. The van der Waals surface area contributed by atoms with Gasteiger partial charge in [0.2, 0.25) is 0 Å². The first kappa shape index (κ1) is 13.4. The number of nitrogens with one attached hydrogen (secondary N) is 1. The largest absolute Gasteiger partial charge is 0.393 e. The van der Waals surface area contributed by atoms with Crippen LogP contribution in [0.4, 0.5) is 22.7 Å². The molecule has 0 aliphatic rings. The van der Waals surface area contributed by atoms with E-state index in [9.17, 15) is 10.1 Å². The highest BCUT2D eigenvalue weighted by molar-refractivity contribution is 9.10. The molecule has 0 bridgehead atoms. The molecule has 3 N–H and O–H groups in total. The third-order valence-electron chi connectivity index (χ3n) is 2.68.